The van der Waals surface area contributed by atoms with Gasteiger partial charge in [0.15, 0.2) is 0 Å². The summed E-state index contributed by atoms with van der Waals surface area (Å²) >= 11 is 0. The van der Waals surface area contributed by atoms with Crippen LogP contribution in [-0.4, -0.2) is 18.4 Å². The van der Waals surface area contributed by atoms with E-state index in [2.05, 4.69) is 5.32 Å². The van der Waals surface area contributed by atoms with Crippen molar-refractivity contribution in [3.05, 3.63) is 59.7 Å². The molecule has 2 aromatic rings. The summed E-state index contributed by atoms with van der Waals surface area (Å²) in [5.41, 5.74) is 1.28. The lowest BCUT2D eigenvalue weighted by Gasteiger charge is -2.17. The summed E-state index contributed by atoms with van der Waals surface area (Å²) in [6, 6.07) is 11.6. The highest BCUT2D eigenvalue weighted by atomic mass is 19.4. The number of anilines is 2. The predicted octanol–water partition coefficient (Wildman–Crippen LogP) is 4.01. The lowest BCUT2D eigenvalue weighted by molar-refractivity contribution is -0.137. The monoisotopic (exact) mass is 362 g/mol. The number of benzene rings is 2. The topological polar surface area (TPSA) is 49.4 Å². The lowest BCUT2D eigenvalue weighted by Crippen LogP contribution is -2.28. The molecule has 4 nitrogen and oxygen atoms in total. The van der Waals surface area contributed by atoms with E-state index < -0.39 is 17.7 Å². The number of amides is 2. The van der Waals surface area contributed by atoms with Crippen molar-refractivity contribution in [2.45, 2.75) is 19.5 Å². The van der Waals surface area contributed by atoms with E-state index in [4.69, 9.17) is 0 Å². The quantitative estimate of drug-likeness (QED) is 0.897. The van der Waals surface area contributed by atoms with Crippen LogP contribution in [0.15, 0.2) is 48.5 Å². The zero-order valence-electron chi connectivity index (χ0n) is 14.0. The molecule has 0 radical (unpaired) electrons. The van der Waals surface area contributed by atoms with Crippen LogP contribution < -0.4 is 10.2 Å². The van der Waals surface area contributed by atoms with Crippen LogP contribution in [0.1, 0.15) is 17.5 Å². The van der Waals surface area contributed by atoms with Crippen molar-refractivity contribution in [2.75, 3.05) is 16.8 Å². The Morgan fingerprint density at radius 1 is 1.08 bits per heavy atom. The summed E-state index contributed by atoms with van der Waals surface area (Å²) in [7, 11) is 0. The highest BCUT2D eigenvalue weighted by molar-refractivity contribution is 6.03. The first-order chi connectivity index (χ1) is 12.2. The molecule has 1 unspecified atom stereocenters. The Bertz CT molecular complexity index is 814. The fourth-order valence-electron chi connectivity index (χ4n) is 2.84. The minimum absolute atomic E-state index is 0.0265. The molecule has 1 fully saturated rings. The van der Waals surface area contributed by atoms with Gasteiger partial charge in [0, 0.05) is 24.3 Å². The Morgan fingerprint density at radius 3 is 2.27 bits per heavy atom. The summed E-state index contributed by atoms with van der Waals surface area (Å²) in [5.74, 6) is -1.11. The zero-order valence-corrected chi connectivity index (χ0v) is 14.0. The van der Waals surface area contributed by atoms with E-state index in [1.165, 1.54) is 17.0 Å². The average Bonchev–Trinajstić information content (AvgIpc) is 2.98. The third-order valence-corrected chi connectivity index (χ3v) is 4.32. The van der Waals surface area contributed by atoms with Gasteiger partial charge in [-0.15, -0.1) is 0 Å². The van der Waals surface area contributed by atoms with E-state index in [0.717, 1.165) is 17.7 Å². The summed E-state index contributed by atoms with van der Waals surface area (Å²) in [6.07, 6.45) is -4.40. The van der Waals surface area contributed by atoms with E-state index in [9.17, 15) is 22.8 Å². The molecule has 0 spiro atoms. The van der Waals surface area contributed by atoms with Gasteiger partial charge in [0.2, 0.25) is 11.8 Å². The fraction of sp³-hybridized carbons (Fsp3) is 0.263. The van der Waals surface area contributed by atoms with E-state index in [-0.39, 0.29) is 24.8 Å². The van der Waals surface area contributed by atoms with E-state index in [1.807, 2.05) is 19.1 Å². The van der Waals surface area contributed by atoms with Crippen LogP contribution in [-0.2, 0) is 15.8 Å². The number of alkyl halides is 3. The van der Waals surface area contributed by atoms with Gasteiger partial charge in [0.1, 0.15) is 0 Å². The molecule has 0 aromatic heterocycles. The van der Waals surface area contributed by atoms with Crippen LogP contribution in [0.2, 0.25) is 0 Å². The van der Waals surface area contributed by atoms with Gasteiger partial charge in [0.05, 0.1) is 11.5 Å². The average molecular weight is 362 g/mol. The summed E-state index contributed by atoms with van der Waals surface area (Å²) < 4.78 is 37.9. The lowest BCUT2D eigenvalue weighted by atomic mass is 10.1. The second-order valence-corrected chi connectivity index (χ2v) is 6.31. The van der Waals surface area contributed by atoms with Crippen LogP contribution in [0, 0.1) is 12.8 Å². The van der Waals surface area contributed by atoms with Crippen molar-refractivity contribution >= 4 is 23.2 Å². The van der Waals surface area contributed by atoms with Gasteiger partial charge in [-0.3, -0.25) is 9.59 Å². The van der Waals surface area contributed by atoms with Crippen molar-refractivity contribution in [2.24, 2.45) is 5.92 Å². The molecule has 2 amide bonds. The Balaban J connectivity index is 1.68. The first kappa shape index (κ1) is 18.0. The number of rotatable bonds is 3. The fourth-order valence-corrected chi connectivity index (χ4v) is 2.84. The number of nitrogens with zero attached hydrogens (tertiary/aromatic N) is 1. The molecule has 0 aliphatic carbocycles. The number of hydrogen-bond acceptors (Lipinski definition) is 2. The molecular formula is C19H17F3N2O2. The smallest absolute Gasteiger partial charge is 0.326 e. The van der Waals surface area contributed by atoms with Gasteiger partial charge < -0.3 is 10.2 Å². The van der Waals surface area contributed by atoms with E-state index in [1.54, 1.807) is 12.1 Å². The van der Waals surface area contributed by atoms with Crippen LogP contribution >= 0.6 is 0 Å². The van der Waals surface area contributed by atoms with Gasteiger partial charge in [-0.25, -0.2) is 0 Å². The Kier molecular flexibility index (Phi) is 4.71. The highest BCUT2D eigenvalue weighted by Gasteiger charge is 2.36. The SMILES string of the molecule is Cc1ccc(NC(=O)C2CC(=O)N(c3ccc(C(F)(F)F)cc3)C2)cc1. The normalized spacial score (nSPS) is 17.5. The molecule has 1 saturated heterocycles. The number of aryl methyl sites for hydroxylation is 1. The number of carbonyl (C=O) groups excluding carboxylic acids is 2. The molecule has 1 aliphatic rings. The minimum Gasteiger partial charge on any atom is -0.326 e. The number of carbonyl (C=O) groups is 2. The summed E-state index contributed by atoms with van der Waals surface area (Å²) in [5, 5.41) is 2.77. The van der Waals surface area contributed by atoms with Crippen molar-refractivity contribution in [3.63, 3.8) is 0 Å². The Morgan fingerprint density at radius 2 is 1.69 bits per heavy atom. The summed E-state index contributed by atoms with van der Waals surface area (Å²) in [4.78, 5) is 25.9. The van der Waals surface area contributed by atoms with Crippen LogP contribution in [0.4, 0.5) is 24.5 Å². The molecule has 2 aromatic carbocycles. The molecule has 0 saturated carbocycles. The molecule has 26 heavy (non-hydrogen) atoms. The van der Waals surface area contributed by atoms with Gasteiger partial charge in [0.25, 0.3) is 0 Å². The molecule has 1 atom stereocenters. The maximum Gasteiger partial charge on any atom is 0.416 e. The molecule has 1 aliphatic heterocycles. The Labute approximate surface area is 148 Å². The molecular weight excluding hydrogens is 345 g/mol. The third kappa shape index (κ3) is 3.87. The largest absolute Gasteiger partial charge is 0.416 e. The predicted molar refractivity (Wildman–Crippen MR) is 91.7 cm³/mol. The molecule has 1 heterocycles. The maximum absolute atomic E-state index is 12.6. The van der Waals surface area contributed by atoms with Crippen molar-refractivity contribution in [1.29, 1.82) is 0 Å². The van der Waals surface area contributed by atoms with Crippen LogP contribution in [0.3, 0.4) is 0 Å². The number of halogens is 3. The van der Waals surface area contributed by atoms with Gasteiger partial charge >= 0.3 is 6.18 Å². The van der Waals surface area contributed by atoms with Crippen molar-refractivity contribution in [1.82, 2.24) is 0 Å². The molecule has 1 N–H and O–H groups in total. The third-order valence-electron chi connectivity index (χ3n) is 4.32. The second-order valence-electron chi connectivity index (χ2n) is 6.31. The first-order valence-corrected chi connectivity index (χ1v) is 8.09. The van der Waals surface area contributed by atoms with Gasteiger partial charge in [-0.1, -0.05) is 17.7 Å². The molecule has 3 rings (SSSR count). The zero-order chi connectivity index (χ0) is 18.9. The van der Waals surface area contributed by atoms with Gasteiger partial charge in [-0.2, -0.15) is 13.2 Å². The minimum atomic E-state index is -4.43. The van der Waals surface area contributed by atoms with Crippen LogP contribution in [0.25, 0.3) is 0 Å². The van der Waals surface area contributed by atoms with Crippen molar-refractivity contribution in [3.8, 4) is 0 Å². The first-order valence-electron chi connectivity index (χ1n) is 8.09. The Hall–Kier alpha value is -2.83. The number of hydrogen-bond donors (Lipinski definition) is 1. The number of nitrogens with one attached hydrogen (secondary N) is 1. The molecule has 7 heteroatoms. The molecule has 136 valence electrons. The maximum atomic E-state index is 12.6. The second kappa shape index (κ2) is 6.82. The summed E-state index contributed by atoms with van der Waals surface area (Å²) in [6.45, 7) is 2.07. The highest BCUT2D eigenvalue weighted by Crippen LogP contribution is 2.32. The molecule has 0 bridgehead atoms. The van der Waals surface area contributed by atoms with Gasteiger partial charge in [-0.05, 0) is 43.3 Å². The van der Waals surface area contributed by atoms with E-state index >= 15 is 0 Å². The van der Waals surface area contributed by atoms with Crippen LogP contribution in [0.5, 0.6) is 0 Å². The standard InChI is InChI=1S/C19H17F3N2O2/c1-12-2-6-15(7-3-12)23-18(26)13-10-17(25)24(11-13)16-8-4-14(5-9-16)19(20,21)22/h2-9,13H,10-11H2,1H3,(H,23,26). The van der Waals surface area contributed by atoms with E-state index in [0.29, 0.717) is 11.4 Å². The van der Waals surface area contributed by atoms with Crippen molar-refractivity contribution < 1.29 is 22.8 Å².